The highest BCUT2D eigenvalue weighted by Crippen LogP contribution is 2.26. The second kappa shape index (κ2) is 8.83. The molecular formula is C19H22BrNO3. The van der Waals surface area contributed by atoms with Gasteiger partial charge in [-0.05, 0) is 35.7 Å². The highest BCUT2D eigenvalue weighted by atomic mass is 79.9. The van der Waals surface area contributed by atoms with Crippen LogP contribution in [0.5, 0.6) is 5.75 Å². The summed E-state index contributed by atoms with van der Waals surface area (Å²) >= 11 is 3.20. The Bertz CT molecular complexity index is 655. The third-order valence-electron chi connectivity index (χ3n) is 4.00. The monoisotopic (exact) mass is 391 g/mol. The Kier molecular flexibility index (Phi) is 6.79. The fourth-order valence-corrected chi connectivity index (χ4v) is 2.64. The van der Waals surface area contributed by atoms with Crippen molar-refractivity contribution in [3.8, 4) is 5.75 Å². The molecule has 5 heteroatoms. The van der Waals surface area contributed by atoms with Crippen molar-refractivity contribution in [1.29, 1.82) is 0 Å². The fraction of sp³-hybridized carbons (Fsp3) is 0.368. The highest BCUT2D eigenvalue weighted by molar-refractivity contribution is 9.10. The lowest BCUT2D eigenvalue weighted by Crippen LogP contribution is -2.19. The number of halogens is 1. The molecule has 0 fully saturated rings. The summed E-state index contributed by atoms with van der Waals surface area (Å²) in [5, 5.41) is 9.05. The smallest absolute Gasteiger partial charge is 0.317 e. The molecule has 0 radical (unpaired) electrons. The predicted molar refractivity (Wildman–Crippen MR) is 98.0 cm³/mol. The van der Waals surface area contributed by atoms with E-state index in [0.29, 0.717) is 6.61 Å². The number of nitrogens with zero attached hydrogens (tertiary/aromatic N) is 1. The van der Waals surface area contributed by atoms with Crippen LogP contribution < -0.4 is 4.74 Å². The number of carboxylic acid groups (broad SMARTS) is 1. The molecule has 4 nitrogen and oxygen atoms in total. The average molecular weight is 392 g/mol. The van der Waals surface area contributed by atoms with E-state index in [1.165, 1.54) is 5.56 Å². The molecule has 0 aliphatic carbocycles. The van der Waals surface area contributed by atoms with Crippen LogP contribution in [0.3, 0.4) is 0 Å². The number of alkyl halides is 1. The minimum Gasteiger partial charge on any atom is -0.493 e. The van der Waals surface area contributed by atoms with Crippen LogP contribution in [0.4, 0.5) is 0 Å². The first-order valence-corrected chi connectivity index (χ1v) is 8.96. The predicted octanol–water partition coefficient (Wildman–Crippen LogP) is 4.22. The van der Waals surface area contributed by atoms with Gasteiger partial charge in [0.25, 0.3) is 0 Å². The van der Waals surface area contributed by atoms with Crippen molar-refractivity contribution in [2.45, 2.75) is 37.4 Å². The van der Waals surface area contributed by atoms with Crippen LogP contribution in [0.2, 0.25) is 0 Å². The number of carbonyl (C=O) groups is 1. The molecule has 0 aliphatic rings. The molecule has 1 N–H and O–H groups in total. The van der Waals surface area contributed by atoms with E-state index in [9.17, 15) is 4.79 Å². The van der Waals surface area contributed by atoms with E-state index in [4.69, 9.17) is 9.84 Å². The Morgan fingerprint density at radius 3 is 2.50 bits per heavy atom. The van der Waals surface area contributed by atoms with E-state index >= 15 is 0 Å². The van der Waals surface area contributed by atoms with Crippen LogP contribution in [-0.2, 0) is 17.6 Å². The normalized spacial score (nSPS) is 13.3. The molecule has 0 bridgehead atoms. The zero-order valence-corrected chi connectivity index (χ0v) is 15.5. The minimum atomic E-state index is -0.857. The zero-order chi connectivity index (χ0) is 17.5. The van der Waals surface area contributed by atoms with Crippen LogP contribution in [0.1, 0.15) is 36.6 Å². The quantitative estimate of drug-likeness (QED) is 0.684. The number of hydrogen-bond donors (Lipinski definition) is 1. The maximum atomic E-state index is 11.0. The van der Waals surface area contributed by atoms with Crippen LogP contribution in [-0.4, -0.2) is 27.5 Å². The van der Waals surface area contributed by atoms with E-state index in [-0.39, 0.29) is 5.92 Å². The molecule has 128 valence electrons. The summed E-state index contributed by atoms with van der Waals surface area (Å²) in [6.45, 7) is 4.55. The number of aliphatic carboxylic acids is 1. The first kappa shape index (κ1) is 18.5. The molecule has 0 amide bonds. The maximum Gasteiger partial charge on any atom is 0.317 e. The van der Waals surface area contributed by atoms with Crippen molar-refractivity contribution >= 4 is 21.9 Å². The summed E-state index contributed by atoms with van der Waals surface area (Å²) in [5.41, 5.74) is 3.21. The van der Waals surface area contributed by atoms with Crippen LogP contribution in [0, 0.1) is 0 Å². The second-order valence-corrected chi connectivity index (χ2v) is 6.69. The van der Waals surface area contributed by atoms with Crippen molar-refractivity contribution in [2.24, 2.45) is 0 Å². The molecule has 24 heavy (non-hydrogen) atoms. The number of hydrogen-bond acceptors (Lipinski definition) is 3. The third-order valence-corrected chi connectivity index (χ3v) is 5.19. The lowest BCUT2D eigenvalue weighted by Gasteiger charge is -2.15. The molecule has 2 aromatic rings. The molecule has 1 aromatic heterocycles. The lowest BCUT2D eigenvalue weighted by molar-refractivity contribution is -0.136. The number of rotatable bonds is 8. The maximum absolute atomic E-state index is 11.0. The van der Waals surface area contributed by atoms with Gasteiger partial charge in [-0.15, -0.1) is 0 Å². The summed E-state index contributed by atoms with van der Waals surface area (Å²) < 4.78 is 5.74. The number of carboxylic acids is 1. The van der Waals surface area contributed by atoms with E-state index in [0.717, 1.165) is 29.8 Å². The van der Waals surface area contributed by atoms with Crippen molar-refractivity contribution in [3.63, 3.8) is 0 Å². The highest BCUT2D eigenvalue weighted by Gasteiger charge is 2.22. The van der Waals surface area contributed by atoms with Gasteiger partial charge in [0.15, 0.2) is 0 Å². The van der Waals surface area contributed by atoms with Crippen LogP contribution in [0.15, 0.2) is 42.6 Å². The van der Waals surface area contributed by atoms with Gasteiger partial charge in [0.1, 0.15) is 10.6 Å². The van der Waals surface area contributed by atoms with Gasteiger partial charge in [0.05, 0.1) is 6.61 Å². The van der Waals surface area contributed by atoms with E-state index < -0.39 is 10.8 Å². The van der Waals surface area contributed by atoms with Gasteiger partial charge in [-0.25, -0.2) is 0 Å². The summed E-state index contributed by atoms with van der Waals surface area (Å²) in [5.74, 6) is -0.195. The number of aromatic nitrogens is 1. The van der Waals surface area contributed by atoms with Crippen molar-refractivity contribution in [1.82, 2.24) is 4.98 Å². The van der Waals surface area contributed by atoms with Crippen LogP contribution >= 0.6 is 15.9 Å². The number of pyridine rings is 1. The second-order valence-electron chi connectivity index (χ2n) is 5.71. The van der Waals surface area contributed by atoms with Gasteiger partial charge in [-0.3, -0.25) is 9.78 Å². The number of aryl methyl sites for hydroxylation is 1. The molecule has 2 atom stereocenters. The SMILES string of the molecule is CCc1ccc(CCOc2ccc(C(C)C(Br)C(=O)O)cc2)nc1. The van der Waals surface area contributed by atoms with Gasteiger partial charge < -0.3 is 9.84 Å². The topological polar surface area (TPSA) is 59.4 Å². The lowest BCUT2D eigenvalue weighted by atomic mass is 9.98. The van der Waals surface area contributed by atoms with Gasteiger partial charge >= 0.3 is 5.97 Å². The van der Waals surface area contributed by atoms with Gasteiger partial charge in [0.2, 0.25) is 0 Å². The van der Waals surface area contributed by atoms with E-state index in [1.54, 1.807) is 0 Å². The molecule has 0 spiro atoms. The van der Waals surface area contributed by atoms with Gasteiger partial charge in [-0.2, -0.15) is 0 Å². The Labute approximate surface area is 151 Å². The molecule has 0 aliphatic heterocycles. The molecule has 2 unspecified atom stereocenters. The Hall–Kier alpha value is -1.88. The van der Waals surface area contributed by atoms with Gasteiger partial charge in [0, 0.05) is 24.2 Å². The fourth-order valence-electron chi connectivity index (χ4n) is 2.34. The standard InChI is InChI=1S/C19H22BrNO3/c1-3-14-4-7-16(21-12-14)10-11-24-17-8-5-15(6-9-17)13(2)18(20)19(22)23/h4-9,12-13,18H,3,10-11H2,1-2H3,(H,22,23). The van der Waals surface area contributed by atoms with Crippen LogP contribution in [0.25, 0.3) is 0 Å². The Balaban J connectivity index is 1.86. The summed E-state index contributed by atoms with van der Waals surface area (Å²) in [4.78, 5) is 14.8. The summed E-state index contributed by atoms with van der Waals surface area (Å²) in [6, 6.07) is 11.7. The summed E-state index contributed by atoms with van der Waals surface area (Å²) in [7, 11) is 0. The third kappa shape index (κ3) is 5.06. The summed E-state index contributed by atoms with van der Waals surface area (Å²) in [6.07, 6.45) is 3.65. The van der Waals surface area contributed by atoms with Crippen molar-refractivity contribution in [3.05, 3.63) is 59.4 Å². The van der Waals surface area contributed by atoms with Crippen molar-refractivity contribution in [2.75, 3.05) is 6.61 Å². The Morgan fingerprint density at radius 2 is 1.96 bits per heavy atom. The minimum absolute atomic E-state index is 0.113. The van der Waals surface area contributed by atoms with E-state index in [2.05, 4.69) is 33.9 Å². The zero-order valence-electron chi connectivity index (χ0n) is 13.9. The number of benzene rings is 1. The molecule has 2 rings (SSSR count). The average Bonchev–Trinajstić information content (AvgIpc) is 2.61. The van der Waals surface area contributed by atoms with Gasteiger partial charge in [-0.1, -0.05) is 48.0 Å². The molecule has 1 heterocycles. The molecular weight excluding hydrogens is 370 g/mol. The first-order valence-electron chi connectivity index (χ1n) is 8.04. The largest absolute Gasteiger partial charge is 0.493 e. The molecule has 1 aromatic carbocycles. The Morgan fingerprint density at radius 1 is 1.25 bits per heavy atom. The molecule has 0 saturated heterocycles. The van der Waals surface area contributed by atoms with E-state index in [1.807, 2.05) is 43.5 Å². The van der Waals surface area contributed by atoms with Crippen molar-refractivity contribution < 1.29 is 14.6 Å². The number of ether oxygens (including phenoxy) is 1. The molecule has 0 saturated carbocycles. The first-order chi connectivity index (χ1) is 11.5.